The molecule has 1 saturated heterocycles. The SMILES string of the molecule is CC(N)CC(C)N1C(=O)COCC1=O. The molecule has 2 unspecified atom stereocenters. The molecule has 1 aliphatic rings. The van der Waals surface area contributed by atoms with Crippen LogP contribution in [-0.2, 0) is 14.3 Å². The molecular weight excluding hydrogens is 184 g/mol. The van der Waals surface area contributed by atoms with Gasteiger partial charge >= 0.3 is 0 Å². The Balaban J connectivity index is 2.63. The molecule has 80 valence electrons. The Bertz CT molecular complexity index is 224. The van der Waals surface area contributed by atoms with Crippen molar-refractivity contribution in [3.05, 3.63) is 0 Å². The molecule has 0 aromatic carbocycles. The molecular formula is C9H16N2O3. The summed E-state index contributed by atoms with van der Waals surface area (Å²) in [6.07, 6.45) is 0.622. The molecule has 1 fully saturated rings. The number of carbonyl (C=O) groups excluding carboxylic acids is 2. The van der Waals surface area contributed by atoms with Crippen molar-refractivity contribution in [3.8, 4) is 0 Å². The summed E-state index contributed by atoms with van der Waals surface area (Å²) in [5.41, 5.74) is 5.61. The van der Waals surface area contributed by atoms with E-state index in [1.54, 1.807) is 0 Å². The standard InChI is InChI=1S/C9H16N2O3/c1-6(10)3-7(2)11-8(12)4-14-5-9(11)13/h6-7H,3-5,10H2,1-2H3. The Morgan fingerprint density at radius 1 is 1.36 bits per heavy atom. The number of morpholine rings is 1. The van der Waals surface area contributed by atoms with Crippen LogP contribution in [0.25, 0.3) is 0 Å². The fourth-order valence-electron chi connectivity index (χ4n) is 1.64. The molecule has 5 heteroatoms. The van der Waals surface area contributed by atoms with Gasteiger partial charge in [-0.25, -0.2) is 0 Å². The minimum Gasteiger partial charge on any atom is -0.362 e. The first-order valence-electron chi connectivity index (χ1n) is 4.70. The van der Waals surface area contributed by atoms with Crippen LogP contribution in [0.15, 0.2) is 0 Å². The predicted molar refractivity (Wildman–Crippen MR) is 50.4 cm³/mol. The Morgan fingerprint density at radius 2 is 1.86 bits per heavy atom. The first-order valence-corrected chi connectivity index (χ1v) is 4.70. The molecule has 1 rings (SSSR count). The van der Waals surface area contributed by atoms with E-state index in [1.807, 2.05) is 13.8 Å². The second kappa shape index (κ2) is 4.52. The minimum atomic E-state index is -0.269. The van der Waals surface area contributed by atoms with Crippen LogP contribution in [0.1, 0.15) is 20.3 Å². The average Bonchev–Trinajstić information content (AvgIpc) is 2.01. The third kappa shape index (κ3) is 2.52. The van der Waals surface area contributed by atoms with E-state index in [1.165, 1.54) is 4.90 Å². The molecule has 2 N–H and O–H groups in total. The highest BCUT2D eigenvalue weighted by Crippen LogP contribution is 2.10. The van der Waals surface area contributed by atoms with E-state index in [0.29, 0.717) is 6.42 Å². The number of hydrogen-bond acceptors (Lipinski definition) is 4. The van der Waals surface area contributed by atoms with E-state index in [-0.39, 0.29) is 37.1 Å². The maximum Gasteiger partial charge on any atom is 0.255 e. The van der Waals surface area contributed by atoms with E-state index in [9.17, 15) is 9.59 Å². The average molecular weight is 200 g/mol. The largest absolute Gasteiger partial charge is 0.362 e. The Labute approximate surface area is 83.2 Å². The fourth-order valence-corrected chi connectivity index (χ4v) is 1.64. The lowest BCUT2D eigenvalue weighted by molar-refractivity contribution is -0.161. The van der Waals surface area contributed by atoms with Crippen LogP contribution in [0.2, 0.25) is 0 Å². The molecule has 0 bridgehead atoms. The highest BCUT2D eigenvalue weighted by molar-refractivity contribution is 5.98. The summed E-state index contributed by atoms with van der Waals surface area (Å²) < 4.78 is 4.81. The first-order chi connectivity index (χ1) is 6.52. The molecule has 0 aliphatic carbocycles. The zero-order valence-corrected chi connectivity index (χ0v) is 8.53. The summed E-state index contributed by atoms with van der Waals surface area (Å²) in [7, 11) is 0. The molecule has 2 atom stereocenters. The van der Waals surface area contributed by atoms with E-state index in [2.05, 4.69) is 0 Å². The van der Waals surface area contributed by atoms with Crippen molar-refractivity contribution in [2.45, 2.75) is 32.4 Å². The molecule has 2 amide bonds. The second-order valence-electron chi connectivity index (χ2n) is 3.71. The maximum atomic E-state index is 11.4. The van der Waals surface area contributed by atoms with Crippen molar-refractivity contribution >= 4 is 11.8 Å². The molecule has 0 aromatic rings. The smallest absolute Gasteiger partial charge is 0.255 e. The lowest BCUT2D eigenvalue weighted by Gasteiger charge is -2.31. The van der Waals surface area contributed by atoms with Gasteiger partial charge < -0.3 is 10.5 Å². The van der Waals surface area contributed by atoms with Crippen LogP contribution in [0.4, 0.5) is 0 Å². The number of nitrogens with zero attached hydrogens (tertiary/aromatic N) is 1. The van der Waals surface area contributed by atoms with E-state index < -0.39 is 0 Å². The van der Waals surface area contributed by atoms with E-state index >= 15 is 0 Å². The van der Waals surface area contributed by atoms with Crippen molar-refractivity contribution in [3.63, 3.8) is 0 Å². The first kappa shape index (κ1) is 11.1. The normalized spacial score (nSPS) is 22.4. The van der Waals surface area contributed by atoms with Crippen molar-refractivity contribution in [1.82, 2.24) is 4.90 Å². The number of imide groups is 1. The molecule has 0 aromatic heterocycles. The van der Waals surface area contributed by atoms with Gasteiger partial charge in [0.05, 0.1) is 0 Å². The Morgan fingerprint density at radius 3 is 2.29 bits per heavy atom. The second-order valence-corrected chi connectivity index (χ2v) is 3.71. The van der Waals surface area contributed by atoms with Gasteiger partial charge in [-0.2, -0.15) is 0 Å². The number of amides is 2. The highest BCUT2D eigenvalue weighted by Gasteiger charge is 2.30. The van der Waals surface area contributed by atoms with Crippen molar-refractivity contribution in [2.24, 2.45) is 5.73 Å². The van der Waals surface area contributed by atoms with Gasteiger partial charge in [-0.1, -0.05) is 0 Å². The monoisotopic (exact) mass is 200 g/mol. The topological polar surface area (TPSA) is 72.6 Å². The van der Waals surface area contributed by atoms with Crippen LogP contribution in [0.5, 0.6) is 0 Å². The third-order valence-corrected chi connectivity index (χ3v) is 2.14. The summed E-state index contributed by atoms with van der Waals surface area (Å²) in [5, 5.41) is 0. The fraction of sp³-hybridized carbons (Fsp3) is 0.778. The van der Waals surface area contributed by atoms with Crippen LogP contribution >= 0.6 is 0 Å². The Hall–Kier alpha value is -0.940. The van der Waals surface area contributed by atoms with Crippen molar-refractivity contribution in [2.75, 3.05) is 13.2 Å². The lowest BCUT2D eigenvalue weighted by atomic mass is 10.1. The van der Waals surface area contributed by atoms with Crippen LogP contribution in [0, 0.1) is 0 Å². The molecule has 5 nitrogen and oxygen atoms in total. The molecule has 14 heavy (non-hydrogen) atoms. The summed E-state index contributed by atoms with van der Waals surface area (Å²) in [5.74, 6) is -0.538. The quantitative estimate of drug-likeness (QED) is 0.623. The zero-order chi connectivity index (χ0) is 10.7. The zero-order valence-electron chi connectivity index (χ0n) is 8.53. The van der Waals surface area contributed by atoms with E-state index in [0.717, 1.165) is 0 Å². The van der Waals surface area contributed by atoms with Crippen LogP contribution < -0.4 is 5.73 Å². The number of rotatable bonds is 3. The summed E-state index contributed by atoms with van der Waals surface area (Å²) >= 11 is 0. The number of carbonyl (C=O) groups is 2. The van der Waals surface area contributed by atoms with Crippen LogP contribution in [0.3, 0.4) is 0 Å². The van der Waals surface area contributed by atoms with Gasteiger partial charge in [0.2, 0.25) is 0 Å². The molecule has 1 heterocycles. The molecule has 0 spiro atoms. The Kier molecular flexibility index (Phi) is 3.60. The van der Waals surface area contributed by atoms with Gasteiger partial charge in [0, 0.05) is 12.1 Å². The van der Waals surface area contributed by atoms with E-state index in [4.69, 9.17) is 10.5 Å². The van der Waals surface area contributed by atoms with Crippen LogP contribution in [-0.4, -0.2) is 42.0 Å². The third-order valence-electron chi connectivity index (χ3n) is 2.14. The van der Waals surface area contributed by atoms with Crippen molar-refractivity contribution < 1.29 is 14.3 Å². The number of hydrogen-bond donors (Lipinski definition) is 1. The van der Waals surface area contributed by atoms with Gasteiger partial charge in [-0.15, -0.1) is 0 Å². The van der Waals surface area contributed by atoms with Gasteiger partial charge in [-0.3, -0.25) is 14.5 Å². The predicted octanol–water partition coefficient (Wildman–Crippen LogP) is -0.502. The molecule has 0 radical (unpaired) electrons. The highest BCUT2D eigenvalue weighted by atomic mass is 16.5. The van der Waals surface area contributed by atoms with Gasteiger partial charge in [0.1, 0.15) is 13.2 Å². The maximum absolute atomic E-state index is 11.4. The molecule has 1 aliphatic heterocycles. The summed E-state index contributed by atoms with van der Waals surface area (Å²) in [6, 6.07) is -0.160. The minimum absolute atomic E-state index is 0.00493. The van der Waals surface area contributed by atoms with Crippen molar-refractivity contribution in [1.29, 1.82) is 0 Å². The van der Waals surface area contributed by atoms with Gasteiger partial charge in [0.25, 0.3) is 11.8 Å². The van der Waals surface area contributed by atoms with Gasteiger partial charge in [-0.05, 0) is 20.3 Å². The summed E-state index contributed by atoms with van der Waals surface area (Å²) in [6.45, 7) is 3.67. The summed E-state index contributed by atoms with van der Waals surface area (Å²) in [4.78, 5) is 24.0. The number of nitrogens with two attached hydrogens (primary N) is 1. The van der Waals surface area contributed by atoms with Gasteiger partial charge in [0.15, 0.2) is 0 Å². The number of ether oxygens (including phenoxy) is 1. The molecule has 0 saturated carbocycles. The lowest BCUT2D eigenvalue weighted by Crippen LogP contribution is -2.51.